The van der Waals surface area contributed by atoms with Crippen LogP contribution in [0.3, 0.4) is 0 Å². The molecule has 0 aromatic heterocycles. The summed E-state index contributed by atoms with van der Waals surface area (Å²) >= 11 is 0. The van der Waals surface area contributed by atoms with E-state index in [9.17, 15) is 31.2 Å². The monoisotopic (exact) mass is 459 g/mol. The SMILES string of the molecule is NC(=O)C(Cc1ccccc1)NC(=O)CCNS(=O)(=O)c1ccc(OC(F)(F)F)cc1. The van der Waals surface area contributed by atoms with Gasteiger partial charge in [0.2, 0.25) is 21.8 Å². The lowest BCUT2D eigenvalue weighted by Gasteiger charge is -2.16. The number of carbonyl (C=O) groups is 2. The Morgan fingerprint density at radius 2 is 1.65 bits per heavy atom. The van der Waals surface area contributed by atoms with Gasteiger partial charge in [0.25, 0.3) is 0 Å². The number of benzene rings is 2. The Kier molecular flexibility index (Phi) is 8.00. The van der Waals surface area contributed by atoms with E-state index in [1.54, 1.807) is 30.3 Å². The molecule has 0 bridgehead atoms. The highest BCUT2D eigenvalue weighted by atomic mass is 32.2. The number of primary amides is 1. The molecule has 0 saturated heterocycles. The molecule has 2 amide bonds. The lowest BCUT2D eigenvalue weighted by atomic mass is 10.1. The number of hydrogen-bond donors (Lipinski definition) is 3. The third-order valence-electron chi connectivity index (χ3n) is 3.97. The molecule has 168 valence electrons. The molecule has 0 radical (unpaired) electrons. The van der Waals surface area contributed by atoms with Crippen molar-refractivity contribution in [3.05, 3.63) is 60.2 Å². The number of nitrogens with two attached hydrogens (primary N) is 1. The van der Waals surface area contributed by atoms with Crippen LogP contribution in [-0.2, 0) is 26.0 Å². The molecule has 0 aliphatic carbocycles. The van der Waals surface area contributed by atoms with Gasteiger partial charge < -0.3 is 15.8 Å². The van der Waals surface area contributed by atoms with E-state index < -0.39 is 40.0 Å². The summed E-state index contributed by atoms with van der Waals surface area (Å²) in [4.78, 5) is 23.4. The van der Waals surface area contributed by atoms with Crippen LogP contribution >= 0.6 is 0 Å². The predicted octanol–water partition coefficient (Wildman–Crippen LogP) is 1.47. The number of amides is 2. The van der Waals surface area contributed by atoms with Crippen molar-refractivity contribution in [2.24, 2.45) is 5.73 Å². The van der Waals surface area contributed by atoms with Crippen LogP contribution in [0.2, 0.25) is 0 Å². The fourth-order valence-electron chi connectivity index (χ4n) is 2.54. The smallest absolute Gasteiger partial charge is 0.406 e. The van der Waals surface area contributed by atoms with Crippen LogP contribution in [0.5, 0.6) is 5.75 Å². The fourth-order valence-corrected chi connectivity index (χ4v) is 3.57. The standard InChI is InChI=1S/C19H20F3N3O5S/c20-19(21,22)30-14-6-8-15(9-7-14)31(28,29)24-11-10-17(26)25-16(18(23)27)12-13-4-2-1-3-5-13/h1-9,16,24H,10-12H2,(H2,23,27)(H,25,26). The summed E-state index contributed by atoms with van der Waals surface area (Å²) in [5.74, 6) is -1.91. The molecular formula is C19H20F3N3O5S. The van der Waals surface area contributed by atoms with Crippen molar-refractivity contribution in [1.29, 1.82) is 0 Å². The second-order valence-corrected chi connectivity index (χ2v) is 8.15. The first-order valence-electron chi connectivity index (χ1n) is 8.94. The van der Waals surface area contributed by atoms with Crippen LogP contribution in [-0.4, -0.2) is 39.2 Å². The number of ether oxygens (including phenoxy) is 1. The molecule has 2 aromatic carbocycles. The first-order valence-corrected chi connectivity index (χ1v) is 10.4. The number of alkyl halides is 3. The molecule has 12 heteroatoms. The summed E-state index contributed by atoms with van der Waals surface area (Å²) in [6.45, 7) is -0.300. The van der Waals surface area contributed by atoms with Crippen LogP contribution in [0.1, 0.15) is 12.0 Å². The zero-order valence-electron chi connectivity index (χ0n) is 16.1. The minimum absolute atomic E-state index is 0.181. The van der Waals surface area contributed by atoms with Crippen molar-refractivity contribution in [1.82, 2.24) is 10.0 Å². The zero-order chi connectivity index (χ0) is 23.1. The van der Waals surface area contributed by atoms with Gasteiger partial charge in [-0.2, -0.15) is 0 Å². The van der Waals surface area contributed by atoms with Crippen LogP contribution in [0.25, 0.3) is 0 Å². The summed E-state index contributed by atoms with van der Waals surface area (Å²) in [6.07, 6.45) is -5.00. The molecule has 0 saturated carbocycles. The zero-order valence-corrected chi connectivity index (χ0v) is 16.9. The Hall–Kier alpha value is -3.12. The Balaban J connectivity index is 1.87. The summed E-state index contributed by atoms with van der Waals surface area (Å²) in [6, 6.07) is 11.5. The lowest BCUT2D eigenvalue weighted by molar-refractivity contribution is -0.274. The summed E-state index contributed by atoms with van der Waals surface area (Å²) in [5, 5.41) is 2.45. The largest absolute Gasteiger partial charge is 0.573 e. The second-order valence-electron chi connectivity index (χ2n) is 6.38. The third kappa shape index (κ3) is 8.26. The van der Waals surface area contributed by atoms with Crippen molar-refractivity contribution in [2.75, 3.05) is 6.54 Å². The maximum absolute atomic E-state index is 12.2. The normalized spacial score (nSPS) is 12.7. The van der Waals surface area contributed by atoms with Gasteiger partial charge in [0, 0.05) is 19.4 Å². The molecular weight excluding hydrogens is 439 g/mol. The predicted molar refractivity (Wildman–Crippen MR) is 104 cm³/mol. The third-order valence-corrected chi connectivity index (χ3v) is 5.45. The molecule has 2 rings (SSSR count). The van der Waals surface area contributed by atoms with Gasteiger partial charge in [0.05, 0.1) is 4.90 Å². The highest BCUT2D eigenvalue weighted by Crippen LogP contribution is 2.23. The van der Waals surface area contributed by atoms with E-state index in [1.807, 2.05) is 0 Å². The van der Waals surface area contributed by atoms with E-state index in [2.05, 4.69) is 14.8 Å². The Morgan fingerprint density at radius 3 is 2.19 bits per heavy atom. The molecule has 4 N–H and O–H groups in total. The van der Waals surface area contributed by atoms with E-state index in [4.69, 9.17) is 5.73 Å². The van der Waals surface area contributed by atoms with Gasteiger partial charge in [-0.1, -0.05) is 30.3 Å². The molecule has 0 aliphatic rings. The molecule has 31 heavy (non-hydrogen) atoms. The van der Waals surface area contributed by atoms with Crippen LogP contribution in [0, 0.1) is 0 Å². The van der Waals surface area contributed by atoms with Gasteiger partial charge in [-0.05, 0) is 29.8 Å². The number of nitrogens with one attached hydrogen (secondary N) is 2. The summed E-state index contributed by atoms with van der Waals surface area (Å²) < 4.78 is 66.7. The average molecular weight is 459 g/mol. The van der Waals surface area contributed by atoms with Crippen LogP contribution in [0.15, 0.2) is 59.5 Å². The second kappa shape index (κ2) is 10.3. The number of hydrogen-bond acceptors (Lipinski definition) is 5. The number of carbonyl (C=O) groups excluding carboxylic acids is 2. The van der Waals surface area contributed by atoms with Gasteiger partial charge in [0.1, 0.15) is 11.8 Å². The van der Waals surface area contributed by atoms with Crippen molar-refractivity contribution in [2.45, 2.75) is 30.1 Å². The highest BCUT2D eigenvalue weighted by molar-refractivity contribution is 7.89. The summed E-state index contributed by atoms with van der Waals surface area (Å²) in [5.41, 5.74) is 6.09. The van der Waals surface area contributed by atoms with Crippen molar-refractivity contribution < 1.29 is 35.9 Å². The topological polar surface area (TPSA) is 128 Å². The highest BCUT2D eigenvalue weighted by Gasteiger charge is 2.31. The molecule has 8 nitrogen and oxygen atoms in total. The van der Waals surface area contributed by atoms with Gasteiger partial charge >= 0.3 is 6.36 Å². The van der Waals surface area contributed by atoms with Gasteiger partial charge in [-0.15, -0.1) is 13.2 Å². The molecule has 0 heterocycles. The van der Waals surface area contributed by atoms with Crippen LogP contribution < -0.4 is 20.5 Å². The van der Waals surface area contributed by atoms with Crippen molar-refractivity contribution in [3.63, 3.8) is 0 Å². The maximum atomic E-state index is 12.2. The van der Waals surface area contributed by atoms with Crippen LogP contribution in [0.4, 0.5) is 13.2 Å². The first kappa shape index (κ1) is 24.2. The Morgan fingerprint density at radius 1 is 1.03 bits per heavy atom. The first-order chi connectivity index (χ1) is 14.5. The number of halogens is 3. The van der Waals surface area contributed by atoms with E-state index >= 15 is 0 Å². The minimum atomic E-state index is -4.89. The number of rotatable bonds is 10. The molecule has 2 aromatic rings. The van der Waals surface area contributed by atoms with Gasteiger partial charge in [-0.25, -0.2) is 13.1 Å². The lowest BCUT2D eigenvalue weighted by Crippen LogP contribution is -2.46. The van der Waals surface area contributed by atoms with E-state index in [1.165, 1.54) is 0 Å². The molecule has 1 unspecified atom stereocenters. The Labute approximate surface area is 176 Å². The molecule has 0 spiro atoms. The average Bonchev–Trinajstić information content (AvgIpc) is 2.67. The van der Waals surface area contributed by atoms with E-state index in [0.29, 0.717) is 0 Å². The molecule has 0 aliphatic heterocycles. The quantitative estimate of drug-likeness (QED) is 0.496. The van der Waals surface area contributed by atoms with E-state index in [-0.39, 0.29) is 24.3 Å². The van der Waals surface area contributed by atoms with Gasteiger partial charge in [0.15, 0.2) is 0 Å². The number of sulfonamides is 1. The van der Waals surface area contributed by atoms with E-state index in [0.717, 1.165) is 29.8 Å². The summed E-state index contributed by atoms with van der Waals surface area (Å²) in [7, 11) is -4.07. The van der Waals surface area contributed by atoms with Crippen molar-refractivity contribution in [3.8, 4) is 5.75 Å². The maximum Gasteiger partial charge on any atom is 0.573 e. The fraction of sp³-hybridized carbons (Fsp3) is 0.263. The minimum Gasteiger partial charge on any atom is -0.406 e. The van der Waals surface area contributed by atoms with Gasteiger partial charge in [-0.3, -0.25) is 9.59 Å². The molecule has 1 atom stereocenters. The van der Waals surface area contributed by atoms with Crippen molar-refractivity contribution >= 4 is 21.8 Å². The molecule has 0 fully saturated rings. The Bertz CT molecular complexity index is 997.